The van der Waals surface area contributed by atoms with Gasteiger partial charge in [0.1, 0.15) is 0 Å². The molecule has 0 saturated carbocycles. The van der Waals surface area contributed by atoms with Crippen LogP contribution in [0.1, 0.15) is 117 Å². The van der Waals surface area contributed by atoms with Crippen LogP contribution in [0.5, 0.6) is 0 Å². The van der Waals surface area contributed by atoms with E-state index in [0.29, 0.717) is 6.04 Å². The Balaban J connectivity index is 0. The van der Waals surface area contributed by atoms with Gasteiger partial charge in [-0.1, -0.05) is 104 Å². The number of nitrogens with zero attached hydrogens (tertiary/aromatic N) is 1. The molecule has 0 heterocycles. The number of aliphatic hydroxyl groups excluding tert-OH is 3. The molecule has 0 aliphatic rings. The lowest BCUT2D eigenvalue weighted by Gasteiger charge is -2.36. The normalized spacial score (nSPS) is 13.0. The Bertz CT molecular complexity index is 482. The summed E-state index contributed by atoms with van der Waals surface area (Å²) < 4.78 is 18.6. The van der Waals surface area contributed by atoms with Gasteiger partial charge in [0.25, 0.3) is 0 Å². The molecule has 1 atom stereocenters. The Morgan fingerprint density at radius 2 is 0.923 bits per heavy atom. The summed E-state index contributed by atoms with van der Waals surface area (Å²) in [5, 5.41) is 27.8. The highest BCUT2D eigenvalue weighted by Gasteiger charge is 2.43. The molecule has 0 spiro atoms. The van der Waals surface area contributed by atoms with E-state index in [2.05, 4.69) is 27.9 Å². The van der Waals surface area contributed by atoms with Crippen LogP contribution < -0.4 is 12.4 Å². The quantitative estimate of drug-likeness (QED) is 0.0668. The Hall–Kier alpha value is 0.227. The first-order valence-corrected chi connectivity index (χ1v) is 17.8. The zero-order valence-corrected chi connectivity index (χ0v) is 27.9. The van der Waals surface area contributed by atoms with Crippen molar-refractivity contribution >= 4 is 8.80 Å². The van der Waals surface area contributed by atoms with E-state index < -0.39 is 8.80 Å². The first-order valence-electron chi connectivity index (χ1n) is 15.9. The SMILES string of the molecule is CCCCCCCCCCCCCCCCCC[N+](C)(C)CC(C)C[Si](OCCO)(OCCO)OCCO.[Cl-]. The van der Waals surface area contributed by atoms with Gasteiger partial charge in [0.05, 0.1) is 66.8 Å². The van der Waals surface area contributed by atoms with E-state index in [4.69, 9.17) is 13.3 Å². The Morgan fingerprint density at radius 3 is 1.26 bits per heavy atom. The van der Waals surface area contributed by atoms with Crippen LogP contribution in [0.3, 0.4) is 0 Å². The van der Waals surface area contributed by atoms with E-state index in [9.17, 15) is 15.3 Å². The van der Waals surface area contributed by atoms with Crippen molar-refractivity contribution in [3.8, 4) is 0 Å². The molecule has 0 saturated heterocycles. The van der Waals surface area contributed by atoms with E-state index >= 15 is 0 Å². The minimum absolute atomic E-state index is 0. The zero-order chi connectivity index (χ0) is 28.4. The molecule has 0 rings (SSSR count). The van der Waals surface area contributed by atoms with Crippen molar-refractivity contribution in [3.63, 3.8) is 0 Å². The van der Waals surface area contributed by atoms with E-state index in [1.54, 1.807) is 0 Å². The molecule has 0 aliphatic heterocycles. The van der Waals surface area contributed by atoms with E-state index in [1.807, 2.05) is 0 Å². The fourth-order valence-corrected chi connectivity index (χ4v) is 8.21. The third-order valence-electron chi connectivity index (χ3n) is 7.26. The standard InChI is InChI=1S/C30H66NO6Si.ClH/c1-5-6-7-8-9-10-11-12-13-14-15-16-17-18-19-20-21-31(3,4)28-30(2)29-38(35-25-22-32,36-26-23-33)37-27-24-34;/h30,32-34H,5-29H2,1-4H3;1H/q+1;/p-1. The highest BCUT2D eigenvalue weighted by molar-refractivity contribution is 6.60. The van der Waals surface area contributed by atoms with Gasteiger partial charge in [-0.3, -0.25) is 0 Å². The molecule has 238 valence electrons. The fraction of sp³-hybridized carbons (Fsp3) is 1.00. The van der Waals surface area contributed by atoms with Gasteiger partial charge < -0.3 is 45.5 Å². The number of hydrogen-bond acceptors (Lipinski definition) is 6. The monoisotopic (exact) mass is 599 g/mol. The summed E-state index contributed by atoms with van der Waals surface area (Å²) in [6.07, 6.45) is 22.2. The number of halogens is 1. The van der Waals surface area contributed by atoms with Gasteiger partial charge in [-0.15, -0.1) is 0 Å². The van der Waals surface area contributed by atoms with Gasteiger partial charge in [-0.05, 0) is 12.8 Å². The summed E-state index contributed by atoms with van der Waals surface area (Å²) in [6.45, 7) is 6.63. The van der Waals surface area contributed by atoms with Crippen LogP contribution >= 0.6 is 0 Å². The molecule has 1 unspecified atom stereocenters. The number of aliphatic hydroxyl groups is 3. The third-order valence-corrected chi connectivity index (χ3v) is 10.4. The maximum absolute atomic E-state index is 9.25. The molecule has 0 aromatic rings. The smallest absolute Gasteiger partial charge is 0.501 e. The molecular weight excluding hydrogens is 534 g/mol. The molecule has 39 heavy (non-hydrogen) atoms. The van der Waals surface area contributed by atoms with Gasteiger partial charge in [0, 0.05) is 12.0 Å². The predicted octanol–water partition coefficient (Wildman–Crippen LogP) is 2.93. The summed E-state index contributed by atoms with van der Waals surface area (Å²) in [4.78, 5) is 0. The topological polar surface area (TPSA) is 88.4 Å². The first kappa shape index (κ1) is 41.4. The van der Waals surface area contributed by atoms with Crippen molar-refractivity contribution in [2.45, 2.75) is 123 Å². The highest BCUT2D eigenvalue weighted by atomic mass is 35.5. The first-order chi connectivity index (χ1) is 18.3. The minimum Gasteiger partial charge on any atom is -1.00 e. The van der Waals surface area contributed by atoms with Crippen molar-refractivity contribution < 1.29 is 45.5 Å². The van der Waals surface area contributed by atoms with Gasteiger partial charge >= 0.3 is 8.80 Å². The summed E-state index contributed by atoms with van der Waals surface area (Å²) in [5.74, 6) is 0.286. The Kier molecular flexibility index (Phi) is 30.1. The second-order valence-electron chi connectivity index (χ2n) is 11.9. The molecule has 0 fully saturated rings. The summed E-state index contributed by atoms with van der Waals surface area (Å²) in [6, 6.07) is 0.605. The van der Waals surface area contributed by atoms with Crippen molar-refractivity contribution in [2.24, 2.45) is 5.92 Å². The van der Waals surface area contributed by atoms with Crippen LogP contribution in [-0.2, 0) is 13.3 Å². The van der Waals surface area contributed by atoms with Crippen molar-refractivity contribution in [3.05, 3.63) is 0 Å². The fourth-order valence-electron chi connectivity index (χ4n) is 5.42. The van der Waals surface area contributed by atoms with Crippen molar-refractivity contribution in [2.75, 3.05) is 66.8 Å². The zero-order valence-electron chi connectivity index (χ0n) is 26.1. The summed E-state index contributed by atoms with van der Waals surface area (Å²) >= 11 is 0. The van der Waals surface area contributed by atoms with Crippen molar-refractivity contribution in [1.82, 2.24) is 0 Å². The van der Waals surface area contributed by atoms with Crippen LogP contribution in [0.4, 0.5) is 0 Å². The number of unbranched alkanes of at least 4 members (excludes halogenated alkanes) is 15. The molecule has 9 heteroatoms. The molecule has 7 nitrogen and oxygen atoms in total. The average molecular weight is 600 g/mol. The molecule has 0 aromatic heterocycles. The molecule has 0 radical (unpaired) electrons. The van der Waals surface area contributed by atoms with Crippen molar-refractivity contribution in [1.29, 1.82) is 0 Å². The maximum atomic E-state index is 9.25. The van der Waals surface area contributed by atoms with Crippen LogP contribution in [0.2, 0.25) is 6.04 Å². The lowest BCUT2D eigenvalue weighted by Crippen LogP contribution is -3.00. The van der Waals surface area contributed by atoms with Crippen LogP contribution in [0, 0.1) is 5.92 Å². The molecule has 3 N–H and O–H groups in total. The van der Waals surface area contributed by atoms with Gasteiger partial charge in [0.15, 0.2) is 0 Å². The average Bonchev–Trinajstić information content (AvgIpc) is 2.88. The van der Waals surface area contributed by atoms with E-state index in [1.165, 1.54) is 103 Å². The largest absolute Gasteiger partial charge is 1.00 e. The molecule has 0 aromatic carbocycles. The third kappa shape index (κ3) is 25.6. The highest BCUT2D eigenvalue weighted by Crippen LogP contribution is 2.24. The second kappa shape index (κ2) is 28.4. The number of rotatable bonds is 30. The van der Waals surface area contributed by atoms with Gasteiger partial charge in [0.2, 0.25) is 0 Å². The number of quaternary nitrogens is 1. The Labute approximate surface area is 249 Å². The van der Waals surface area contributed by atoms with Crippen LogP contribution in [0.25, 0.3) is 0 Å². The van der Waals surface area contributed by atoms with Crippen LogP contribution in [0.15, 0.2) is 0 Å². The summed E-state index contributed by atoms with van der Waals surface area (Å²) in [5.41, 5.74) is 0. The lowest BCUT2D eigenvalue weighted by atomic mass is 10.0. The number of hydrogen-bond donors (Lipinski definition) is 3. The van der Waals surface area contributed by atoms with Gasteiger partial charge in [-0.25, -0.2) is 0 Å². The predicted molar refractivity (Wildman–Crippen MR) is 160 cm³/mol. The van der Waals surface area contributed by atoms with E-state index in [0.717, 1.165) is 17.6 Å². The minimum atomic E-state index is -3.09. The molecule has 0 bridgehead atoms. The van der Waals surface area contributed by atoms with Gasteiger partial charge in [-0.2, -0.15) is 0 Å². The molecular formula is C30H66ClNO6Si. The maximum Gasteiger partial charge on any atom is 0.501 e. The Morgan fingerprint density at radius 1 is 0.590 bits per heavy atom. The summed E-state index contributed by atoms with van der Waals surface area (Å²) in [7, 11) is 1.47. The van der Waals surface area contributed by atoms with Crippen LogP contribution in [-0.4, -0.2) is 95.4 Å². The lowest BCUT2D eigenvalue weighted by molar-refractivity contribution is -0.893. The molecule has 0 aliphatic carbocycles. The van der Waals surface area contributed by atoms with E-state index in [-0.39, 0.29) is 58.0 Å². The molecule has 0 amide bonds. The second-order valence-corrected chi connectivity index (χ2v) is 14.5.